The Morgan fingerprint density at radius 1 is 1.64 bits per heavy atom. The third-order valence-electron chi connectivity index (χ3n) is 1.43. The summed E-state index contributed by atoms with van der Waals surface area (Å²) in [7, 11) is 0. The van der Waals surface area contributed by atoms with Crippen molar-refractivity contribution in [1.82, 2.24) is 0 Å². The lowest BCUT2D eigenvalue weighted by Crippen LogP contribution is -2.08. The minimum absolute atomic E-state index is 0.0224. The zero-order valence-corrected chi connectivity index (χ0v) is 6.75. The Kier molecular flexibility index (Phi) is 5.65. The summed E-state index contributed by atoms with van der Waals surface area (Å²) in [4.78, 5) is 20.8. The molecule has 0 aliphatic carbocycles. The predicted molar refractivity (Wildman–Crippen MR) is 41.2 cm³/mol. The molecule has 0 amide bonds. The van der Waals surface area contributed by atoms with Gasteiger partial charge in [0.05, 0.1) is 0 Å². The van der Waals surface area contributed by atoms with Gasteiger partial charge < -0.3 is 9.90 Å². The first-order chi connectivity index (χ1) is 5.20. The number of aldehydes is 1. The molecule has 0 aromatic rings. The van der Waals surface area contributed by atoms with Crippen molar-refractivity contribution in [2.24, 2.45) is 5.92 Å². The topological polar surface area (TPSA) is 54.4 Å². The molecule has 0 aromatic carbocycles. The van der Waals surface area contributed by atoms with Gasteiger partial charge in [0.2, 0.25) is 0 Å². The number of hydrogen-bond donors (Lipinski definition) is 1. The van der Waals surface area contributed by atoms with Gasteiger partial charge in [0.1, 0.15) is 12.1 Å². The van der Waals surface area contributed by atoms with Crippen LogP contribution in [0.3, 0.4) is 0 Å². The van der Waals surface area contributed by atoms with E-state index in [-0.39, 0.29) is 18.3 Å². The second kappa shape index (κ2) is 6.04. The highest BCUT2D eigenvalue weighted by Gasteiger charge is 2.06. The van der Waals surface area contributed by atoms with Crippen molar-refractivity contribution in [2.75, 3.05) is 6.61 Å². The number of rotatable bonds is 6. The molecule has 0 bridgehead atoms. The van der Waals surface area contributed by atoms with Crippen LogP contribution in [0, 0.1) is 5.92 Å². The van der Waals surface area contributed by atoms with Crippen LogP contribution in [0.2, 0.25) is 0 Å². The molecule has 0 saturated carbocycles. The molecule has 1 unspecified atom stereocenters. The molecular weight excluding hydrogens is 144 g/mol. The second-order valence-electron chi connectivity index (χ2n) is 2.74. The summed E-state index contributed by atoms with van der Waals surface area (Å²) in [6, 6.07) is 0. The maximum Gasteiger partial charge on any atom is 0.133 e. The van der Waals surface area contributed by atoms with Gasteiger partial charge >= 0.3 is 0 Å². The van der Waals surface area contributed by atoms with Gasteiger partial charge in [-0.3, -0.25) is 4.79 Å². The standard InChI is InChI=1S/C8H14O3/c1-7(6-10)5-8(11)3-2-4-9/h4,7,10H,2-3,5-6H2,1H3. The molecule has 0 aromatic heterocycles. The van der Waals surface area contributed by atoms with E-state index in [1.54, 1.807) is 6.92 Å². The Morgan fingerprint density at radius 2 is 2.27 bits per heavy atom. The van der Waals surface area contributed by atoms with Gasteiger partial charge in [0.15, 0.2) is 0 Å². The highest BCUT2D eigenvalue weighted by atomic mass is 16.3. The Hall–Kier alpha value is -0.700. The average Bonchev–Trinajstić information content (AvgIpc) is 2.00. The Morgan fingerprint density at radius 3 is 2.73 bits per heavy atom. The largest absolute Gasteiger partial charge is 0.396 e. The maximum atomic E-state index is 10.9. The van der Waals surface area contributed by atoms with Crippen molar-refractivity contribution < 1.29 is 14.7 Å². The van der Waals surface area contributed by atoms with Crippen LogP contribution in [-0.2, 0) is 9.59 Å². The smallest absolute Gasteiger partial charge is 0.133 e. The SMILES string of the molecule is CC(CO)CC(=O)CCC=O. The lowest BCUT2D eigenvalue weighted by Gasteiger charge is -2.04. The lowest BCUT2D eigenvalue weighted by molar-refractivity contribution is -0.121. The number of carbonyl (C=O) groups excluding carboxylic acids is 2. The van der Waals surface area contributed by atoms with Gasteiger partial charge in [-0.05, 0) is 5.92 Å². The van der Waals surface area contributed by atoms with E-state index in [0.717, 1.165) is 6.29 Å². The van der Waals surface area contributed by atoms with Gasteiger partial charge in [0.25, 0.3) is 0 Å². The van der Waals surface area contributed by atoms with E-state index in [9.17, 15) is 9.59 Å². The Bertz CT molecular complexity index is 131. The fourth-order valence-electron chi connectivity index (χ4n) is 0.775. The third-order valence-corrected chi connectivity index (χ3v) is 1.43. The monoisotopic (exact) mass is 158 g/mol. The number of ketones is 1. The van der Waals surface area contributed by atoms with E-state index in [4.69, 9.17) is 5.11 Å². The van der Waals surface area contributed by atoms with Crippen LogP contribution in [0.4, 0.5) is 0 Å². The van der Waals surface area contributed by atoms with Crippen LogP contribution in [0.5, 0.6) is 0 Å². The summed E-state index contributed by atoms with van der Waals surface area (Å²) in [5.41, 5.74) is 0. The van der Waals surface area contributed by atoms with Crippen LogP contribution in [0.15, 0.2) is 0 Å². The quantitative estimate of drug-likeness (QED) is 0.574. The second-order valence-corrected chi connectivity index (χ2v) is 2.74. The van der Waals surface area contributed by atoms with E-state index in [1.807, 2.05) is 0 Å². The highest BCUT2D eigenvalue weighted by molar-refractivity contribution is 5.80. The summed E-state index contributed by atoms with van der Waals surface area (Å²) in [5, 5.41) is 8.59. The summed E-state index contributed by atoms with van der Waals surface area (Å²) in [5.74, 6) is 0.0767. The summed E-state index contributed by atoms with van der Waals surface area (Å²) in [6.45, 7) is 1.84. The molecule has 0 aliphatic heterocycles. The number of hydrogen-bond acceptors (Lipinski definition) is 3. The normalized spacial score (nSPS) is 12.5. The minimum atomic E-state index is 0.0224. The van der Waals surface area contributed by atoms with E-state index in [0.29, 0.717) is 19.3 Å². The van der Waals surface area contributed by atoms with Gasteiger partial charge in [0, 0.05) is 25.9 Å². The maximum absolute atomic E-state index is 10.9. The molecule has 0 saturated heterocycles. The van der Waals surface area contributed by atoms with Crippen LogP contribution in [0.1, 0.15) is 26.2 Å². The van der Waals surface area contributed by atoms with Crippen molar-refractivity contribution in [1.29, 1.82) is 0 Å². The summed E-state index contributed by atoms with van der Waals surface area (Å²) >= 11 is 0. The van der Waals surface area contributed by atoms with Gasteiger partial charge in [-0.15, -0.1) is 0 Å². The molecule has 3 heteroatoms. The van der Waals surface area contributed by atoms with Crippen LogP contribution < -0.4 is 0 Å². The van der Waals surface area contributed by atoms with Gasteiger partial charge in [-0.1, -0.05) is 6.92 Å². The van der Waals surface area contributed by atoms with Crippen molar-refractivity contribution in [3.05, 3.63) is 0 Å². The first-order valence-electron chi connectivity index (χ1n) is 3.77. The number of aliphatic hydroxyl groups is 1. The minimum Gasteiger partial charge on any atom is -0.396 e. The first kappa shape index (κ1) is 10.3. The third kappa shape index (κ3) is 5.73. The van der Waals surface area contributed by atoms with Crippen molar-refractivity contribution in [3.63, 3.8) is 0 Å². The molecule has 3 nitrogen and oxygen atoms in total. The number of aliphatic hydroxyl groups excluding tert-OH is 1. The average molecular weight is 158 g/mol. The fraction of sp³-hybridized carbons (Fsp3) is 0.750. The number of Topliss-reactive ketones (excluding diaryl/α,β-unsaturated/α-hetero) is 1. The van der Waals surface area contributed by atoms with E-state index < -0.39 is 0 Å². The molecule has 0 spiro atoms. The number of carbonyl (C=O) groups is 2. The van der Waals surface area contributed by atoms with Gasteiger partial charge in [-0.25, -0.2) is 0 Å². The molecule has 0 heterocycles. The Labute approximate surface area is 66.4 Å². The molecule has 0 fully saturated rings. The zero-order chi connectivity index (χ0) is 8.69. The van der Waals surface area contributed by atoms with Crippen molar-refractivity contribution in [2.45, 2.75) is 26.2 Å². The van der Waals surface area contributed by atoms with E-state index in [1.165, 1.54) is 0 Å². The van der Waals surface area contributed by atoms with Crippen LogP contribution in [0.25, 0.3) is 0 Å². The molecule has 1 N–H and O–H groups in total. The van der Waals surface area contributed by atoms with Crippen molar-refractivity contribution >= 4 is 12.1 Å². The van der Waals surface area contributed by atoms with E-state index in [2.05, 4.69) is 0 Å². The molecule has 0 radical (unpaired) electrons. The Balaban J connectivity index is 3.43. The molecule has 64 valence electrons. The lowest BCUT2D eigenvalue weighted by atomic mass is 10.0. The fourth-order valence-corrected chi connectivity index (χ4v) is 0.775. The molecule has 11 heavy (non-hydrogen) atoms. The highest BCUT2D eigenvalue weighted by Crippen LogP contribution is 2.03. The molecule has 0 rings (SSSR count). The van der Waals surface area contributed by atoms with Crippen LogP contribution in [-0.4, -0.2) is 23.8 Å². The molecule has 0 aliphatic rings. The summed E-state index contributed by atoms with van der Waals surface area (Å²) in [6.07, 6.45) is 1.73. The zero-order valence-electron chi connectivity index (χ0n) is 6.75. The first-order valence-corrected chi connectivity index (χ1v) is 3.77. The summed E-state index contributed by atoms with van der Waals surface area (Å²) < 4.78 is 0. The van der Waals surface area contributed by atoms with Crippen LogP contribution >= 0.6 is 0 Å². The van der Waals surface area contributed by atoms with E-state index >= 15 is 0 Å². The molecular formula is C8H14O3. The predicted octanol–water partition coefficient (Wildman–Crippen LogP) is 0.553. The van der Waals surface area contributed by atoms with Crippen molar-refractivity contribution in [3.8, 4) is 0 Å². The molecule has 1 atom stereocenters. The van der Waals surface area contributed by atoms with Gasteiger partial charge in [-0.2, -0.15) is 0 Å².